The van der Waals surface area contributed by atoms with Crippen molar-refractivity contribution in [3.63, 3.8) is 0 Å². The van der Waals surface area contributed by atoms with Gasteiger partial charge in [0, 0.05) is 22.7 Å². The zero-order chi connectivity index (χ0) is 12.1. The smallest absolute Gasteiger partial charge is 0.0443 e. The van der Waals surface area contributed by atoms with Crippen LogP contribution < -0.4 is 5.32 Å². The standard InChI is InChI=1S/C14H23NS2/c1-11(16-2)10-15-14(12-6-3-4-7-12)13-8-5-9-17-13/h5,8-9,11-12,14-15H,3-4,6-7,10H2,1-2H3. The fourth-order valence-corrected chi connectivity index (χ4v) is 3.79. The lowest BCUT2D eigenvalue weighted by atomic mass is 9.96. The molecule has 1 aliphatic carbocycles. The third kappa shape index (κ3) is 3.73. The molecule has 3 heteroatoms. The Hall–Kier alpha value is 0.01000. The van der Waals surface area contributed by atoms with E-state index in [9.17, 15) is 0 Å². The second-order valence-electron chi connectivity index (χ2n) is 4.99. The van der Waals surface area contributed by atoms with Crippen LogP contribution in [0.1, 0.15) is 43.5 Å². The number of hydrogen-bond acceptors (Lipinski definition) is 3. The zero-order valence-corrected chi connectivity index (χ0v) is 12.4. The van der Waals surface area contributed by atoms with Crippen LogP contribution in [0.15, 0.2) is 17.5 Å². The molecule has 0 spiro atoms. The first-order valence-corrected chi connectivity index (χ1v) is 8.77. The highest BCUT2D eigenvalue weighted by atomic mass is 32.2. The largest absolute Gasteiger partial charge is 0.308 e. The van der Waals surface area contributed by atoms with Gasteiger partial charge in [-0.15, -0.1) is 11.3 Å². The molecule has 96 valence electrons. The van der Waals surface area contributed by atoms with Crippen molar-refractivity contribution in [2.24, 2.45) is 5.92 Å². The Kier molecular flexibility index (Phi) is 5.39. The summed E-state index contributed by atoms with van der Waals surface area (Å²) in [5.74, 6) is 0.864. The molecule has 1 fully saturated rings. The number of rotatable bonds is 6. The molecule has 1 nitrogen and oxygen atoms in total. The predicted octanol–water partition coefficient (Wildman–Crippen LogP) is 4.32. The van der Waals surface area contributed by atoms with Gasteiger partial charge in [0.2, 0.25) is 0 Å². The van der Waals surface area contributed by atoms with Crippen molar-refractivity contribution < 1.29 is 0 Å². The van der Waals surface area contributed by atoms with Gasteiger partial charge in [0.25, 0.3) is 0 Å². The highest BCUT2D eigenvalue weighted by Gasteiger charge is 2.26. The molecule has 0 aromatic carbocycles. The van der Waals surface area contributed by atoms with Crippen molar-refractivity contribution in [2.75, 3.05) is 12.8 Å². The molecule has 1 heterocycles. The molecule has 17 heavy (non-hydrogen) atoms. The zero-order valence-electron chi connectivity index (χ0n) is 10.8. The lowest BCUT2D eigenvalue weighted by molar-refractivity contribution is 0.374. The topological polar surface area (TPSA) is 12.0 Å². The number of thioether (sulfide) groups is 1. The second-order valence-corrected chi connectivity index (χ2v) is 7.25. The van der Waals surface area contributed by atoms with Crippen LogP contribution in [0.4, 0.5) is 0 Å². The summed E-state index contributed by atoms with van der Waals surface area (Å²) < 4.78 is 0. The maximum atomic E-state index is 3.80. The van der Waals surface area contributed by atoms with Crippen LogP contribution in [0.3, 0.4) is 0 Å². The van der Waals surface area contributed by atoms with Gasteiger partial charge in [0.1, 0.15) is 0 Å². The first-order valence-electron chi connectivity index (χ1n) is 6.61. The van der Waals surface area contributed by atoms with Crippen LogP contribution in [-0.2, 0) is 0 Å². The molecule has 1 aromatic heterocycles. The maximum Gasteiger partial charge on any atom is 0.0443 e. The highest BCUT2D eigenvalue weighted by Crippen LogP contribution is 2.37. The van der Waals surface area contributed by atoms with Crippen molar-refractivity contribution in [2.45, 2.75) is 43.9 Å². The van der Waals surface area contributed by atoms with Crippen LogP contribution in [0.5, 0.6) is 0 Å². The molecule has 1 saturated carbocycles. The van der Waals surface area contributed by atoms with E-state index in [4.69, 9.17) is 0 Å². The van der Waals surface area contributed by atoms with Crippen molar-refractivity contribution >= 4 is 23.1 Å². The second kappa shape index (κ2) is 6.81. The van der Waals surface area contributed by atoms with E-state index in [1.807, 2.05) is 23.1 Å². The molecule has 1 N–H and O–H groups in total. The summed E-state index contributed by atoms with van der Waals surface area (Å²) in [5, 5.41) is 6.72. The minimum Gasteiger partial charge on any atom is -0.308 e. The number of hydrogen-bond donors (Lipinski definition) is 1. The minimum absolute atomic E-state index is 0.604. The van der Waals surface area contributed by atoms with Crippen molar-refractivity contribution in [1.29, 1.82) is 0 Å². The molecular formula is C14H23NS2. The third-order valence-electron chi connectivity index (χ3n) is 3.75. The monoisotopic (exact) mass is 269 g/mol. The Bertz CT molecular complexity index is 304. The van der Waals surface area contributed by atoms with E-state index in [0.29, 0.717) is 11.3 Å². The van der Waals surface area contributed by atoms with Crippen LogP contribution in [0, 0.1) is 5.92 Å². The molecular weight excluding hydrogens is 246 g/mol. The molecule has 0 radical (unpaired) electrons. The maximum absolute atomic E-state index is 3.80. The summed E-state index contributed by atoms with van der Waals surface area (Å²) in [4.78, 5) is 1.53. The van der Waals surface area contributed by atoms with E-state index in [1.54, 1.807) is 0 Å². The van der Waals surface area contributed by atoms with Crippen molar-refractivity contribution in [3.8, 4) is 0 Å². The molecule has 0 amide bonds. The summed E-state index contributed by atoms with van der Waals surface area (Å²) in [6.45, 7) is 3.43. The lowest BCUT2D eigenvalue weighted by Crippen LogP contribution is -2.31. The molecule has 2 unspecified atom stereocenters. The Labute approximate surface area is 113 Å². The fraction of sp³-hybridized carbons (Fsp3) is 0.714. The van der Waals surface area contributed by atoms with E-state index < -0.39 is 0 Å². The van der Waals surface area contributed by atoms with Crippen LogP contribution in [0.2, 0.25) is 0 Å². The molecule has 2 atom stereocenters. The predicted molar refractivity (Wildman–Crippen MR) is 80.0 cm³/mol. The highest BCUT2D eigenvalue weighted by molar-refractivity contribution is 7.99. The van der Waals surface area contributed by atoms with Gasteiger partial charge in [-0.1, -0.05) is 25.8 Å². The van der Waals surface area contributed by atoms with Crippen LogP contribution in [0.25, 0.3) is 0 Å². The average Bonchev–Trinajstić information content (AvgIpc) is 3.01. The summed E-state index contributed by atoms with van der Waals surface area (Å²) >= 11 is 3.86. The van der Waals surface area contributed by atoms with Crippen molar-refractivity contribution in [3.05, 3.63) is 22.4 Å². The summed E-state index contributed by atoms with van der Waals surface area (Å²) in [6, 6.07) is 5.08. The van der Waals surface area contributed by atoms with Gasteiger partial charge in [-0.2, -0.15) is 11.8 Å². The fourth-order valence-electron chi connectivity index (χ4n) is 2.63. The SMILES string of the molecule is CSC(C)CNC(c1cccs1)C1CCCC1. The Morgan fingerprint density at radius 3 is 2.82 bits per heavy atom. The van der Waals surface area contributed by atoms with Gasteiger partial charge in [-0.25, -0.2) is 0 Å². The molecule has 0 bridgehead atoms. The minimum atomic E-state index is 0.604. The average molecular weight is 269 g/mol. The Morgan fingerprint density at radius 1 is 1.47 bits per heavy atom. The van der Waals surface area contributed by atoms with Crippen molar-refractivity contribution in [1.82, 2.24) is 5.32 Å². The van der Waals surface area contributed by atoms with Gasteiger partial charge in [0.15, 0.2) is 0 Å². The van der Waals surface area contributed by atoms with Crippen LogP contribution >= 0.6 is 23.1 Å². The summed E-state index contributed by atoms with van der Waals surface area (Å²) in [6.07, 6.45) is 7.85. The van der Waals surface area contributed by atoms with E-state index in [-0.39, 0.29) is 0 Å². The molecule has 0 aliphatic heterocycles. The lowest BCUT2D eigenvalue weighted by Gasteiger charge is -2.25. The Balaban J connectivity index is 1.97. The molecule has 1 aromatic rings. The summed E-state index contributed by atoms with van der Waals surface area (Å²) in [7, 11) is 0. The molecule has 2 rings (SSSR count). The van der Waals surface area contributed by atoms with Gasteiger partial charge < -0.3 is 5.32 Å². The normalized spacial score (nSPS) is 20.6. The van der Waals surface area contributed by atoms with E-state index in [1.165, 1.54) is 30.6 Å². The van der Waals surface area contributed by atoms with E-state index in [2.05, 4.69) is 36.0 Å². The molecule has 0 saturated heterocycles. The molecule has 1 aliphatic rings. The van der Waals surface area contributed by atoms with Gasteiger partial charge in [-0.3, -0.25) is 0 Å². The van der Waals surface area contributed by atoms with Crippen LogP contribution in [-0.4, -0.2) is 18.1 Å². The van der Waals surface area contributed by atoms with Gasteiger partial charge >= 0.3 is 0 Å². The third-order valence-corrected chi connectivity index (χ3v) is 5.68. The first kappa shape index (κ1) is 13.4. The quantitative estimate of drug-likeness (QED) is 0.825. The first-order chi connectivity index (χ1) is 8.31. The van der Waals surface area contributed by atoms with Gasteiger partial charge in [-0.05, 0) is 36.5 Å². The number of nitrogens with one attached hydrogen (secondary N) is 1. The Morgan fingerprint density at radius 2 is 2.24 bits per heavy atom. The van der Waals surface area contributed by atoms with E-state index in [0.717, 1.165) is 12.5 Å². The summed E-state index contributed by atoms with van der Waals surface area (Å²) in [5.41, 5.74) is 0. The van der Waals surface area contributed by atoms with E-state index >= 15 is 0 Å². The van der Waals surface area contributed by atoms with Gasteiger partial charge in [0.05, 0.1) is 0 Å². The number of thiophene rings is 1.